The van der Waals surface area contributed by atoms with Crippen molar-refractivity contribution in [1.82, 2.24) is 0 Å². The van der Waals surface area contributed by atoms with Crippen LogP contribution in [-0.2, 0) is 6.42 Å². The Kier molecular flexibility index (Phi) is 3.68. The Morgan fingerprint density at radius 3 is 2.60 bits per heavy atom. The molecule has 0 aliphatic heterocycles. The maximum atomic E-state index is 10.6. The monoisotopic (exact) mass is 288 g/mol. The molecule has 0 unspecified atom stereocenters. The van der Waals surface area contributed by atoms with Gasteiger partial charge in [0.05, 0.1) is 13.2 Å². The van der Waals surface area contributed by atoms with Crippen LogP contribution in [0.1, 0.15) is 35.1 Å². The molecule has 2 nitrogen and oxygen atoms in total. The molecule has 0 aromatic heterocycles. The lowest BCUT2D eigenvalue weighted by Gasteiger charge is -2.30. The van der Waals surface area contributed by atoms with Gasteiger partial charge in [-0.2, -0.15) is 0 Å². The Balaban J connectivity index is 1.92. The number of aliphatic hydroxyl groups excluding tert-OH is 1. The number of benzene rings is 2. The van der Waals surface area contributed by atoms with E-state index in [-0.39, 0.29) is 5.92 Å². The van der Waals surface area contributed by atoms with Gasteiger partial charge >= 0.3 is 0 Å². The molecule has 104 valence electrons. The Hall–Kier alpha value is -1.51. The number of hydrogen-bond donors (Lipinski definition) is 1. The molecule has 1 aliphatic carbocycles. The van der Waals surface area contributed by atoms with E-state index in [1.165, 1.54) is 5.56 Å². The molecule has 1 N–H and O–H groups in total. The zero-order valence-electron chi connectivity index (χ0n) is 11.3. The Bertz CT molecular complexity index is 607. The molecule has 0 saturated carbocycles. The van der Waals surface area contributed by atoms with Crippen molar-refractivity contribution in [1.29, 1.82) is 0 Å². The second kappa shape index (κ2) is 5.47. The van der Waals surface area contributed by atoms with E-state index in [0.717, 1.165) is 34.7 Å². The minimum atomic E-state index is -0.467. The van der Waals surface area contributed by atoms with Crippen LogP contribution in [0, 0.1) is 0 Å². The largest absolute Gasteiger partial charge is 0.497 e. The quantitative estimate of drug-likeness (QED) is 0.901. The van der Waals surface area contributed by atoms with E-state index in [0.29, 0.717) is 0 Å². The third-order valence-electron chi connectivity index (χ3n) is 4.07. The molecule has 3 rings (SSSR count). The second-order valence-corrected chi connectivity index (χ2v) is 5.64. The topological polar surface area (TPSA) is 29.5 Å². The molecular weight excluding hydrogens is 272 g/mol. The lowest BCUT2D eigenvalue weighted by Crippen LogP contribution is -2.19. The summed E-state index contributed by atoms with van der Waals surface area (Å²) in [4.78, 5) is 0. The number of methoxy groups -OCH3 is 1. The van der Waals surface area contributed by atoms with E-state index in [1.54, 1.807) is 7.11 Å². The maximum absolute atomic E-state index is 10.6. The molecule has 0 bridgehead atoms. The highest BCUT2D eigenvalue weighted by molar-refractivity contribution is 6.30. The van der Waals surface area contributed by atoms with Crippen molar-refractivity contribution in [3.8, 4) is 5.75 Å². The number of hydrogen-bond acceptors (Lipinski definition) is 2. The Morgan fingerprint density at radius 1 is 1.15 bits per heavy atom. The van der Waals surface area contributed by atoms with Crippen molar-refractivity contribution in [3.63, 3.8) is 0 Å². The van der Waals surface area contributed by atoms with Gasteiger partial charge in [-0.3, -0.25) is 0 Å². The molecule has 2 aromatic carbocycles. The van der Waals surface area contributed by atoms with Gasteiger partial charge in [0.15, 0.2) is 0 Å². The van der Waals surface area contributed by atoms with Gasteiger partial charge in [0, 0.05) is 10.9 Å². The average molecular weight is 289 g/mol. The summed E-state index contributed by atoms with van der Waals surface area (Å²) in [6.07, 6.45) is 1.42. The molecular formula is C17H17ClO2. The van der Waals surface area contributed by atoms with E-state index in [4.69, 9.17) is 16.3 Å². The summed E-state index contributed by atoms with van der Waals surface area (Å²) < 4.78 is 5.24. The highest BCUT2D eigenvalue weighted by Gasteiger charge is 2.29. The molecule has 3 heteroatoms. The predicted molar refractivity (Wildman–Crippen MR) is 80.5 cm³/mol. The van der Waals surface area contributed by atoms with Gasteiger partial charge in [0.2, 0.25) is 0 Å². The van der Waals surface area contributed by atoms with Crippen molar-refractivity contribution in [2.45, 2.75) is 24.9 Å². The van der Waals surface area contributed by atoms with Gasteiger partial charge in [0.25, 0.3) is 0 Å². The third-order valence-corrected chi connectivity index (χ3v) is 4.32. The SMILES string of the molecule is COc1ccc2c(c1)CC[C@H](c1ccc(Cl)cc1)[C@H]2O. The van der Waals surface area contributed by atoms with Gasteiger partial charge in [-0.25, -0.2) is 0 Å². The van der Waals surface area contributed by atoms with Gasteiger partial charge in [-0.1, -0.05) is 29.8 Å². The molecule has 0 radical (unpaired) electrons. The van der Waals surface area contributed by atoms with Crippen molar-refractivity contribution < 1.29 is 9.84 Å². The van der Waals surface area contributed by atoms with Crippen LogP contribution >= 0.6 is 11.6 Å². The van der Waals surface area contributed by atoms with Crippen LogP contribution in [0.4, 0.5) is 0 Å². The number of rotatable bonds is 2. The van der Waals surface area contributed by atoms with Gasteiger partial charge < -0.3 is 9.84 Å². The molecule has 2 atom stereocenters. The summed E-state index contributed by atoms with van der Waals surface area (Å²) in [5.41, 5.74) is 3.34. The van der Waals surface area contributed by atoms with Crippen molar-refractivity contribution >= 4 is 11.6 Å². The standard InChI is InChI=1S/C17H17ClO2/c1-20-14-7-9-16-12(10-14)4-8-15(17(16)19)11-2-5-13(18)6-3-11/h2-3,5-7,9-10,15,17,19H,4,8H2,1H3/t15-,17-/m1/s1. The summed E-state index contributed by atoms with van der Waals surface area (Å²) in [6.45, 7) is 0. The van der Waals surface area contributed by atoms with Crippen molar-refractivity contribution in [2.24, 2.45) is 0 Å². The fraction of sp³-hybridized carbons (Fsp3) is 0.294. The predicted octanol–water partition coefficient (Wildman–Crippen LogP) is 4.11. The molecule has 20 heavy (non-hydrogen) atoms. The number of aryl methyl sites for hydroxylation is 1. The third kappa shape index (κ3) is 2.41. The molecule has 0 heterocycles. The minimum Gasteiger partial charge on any atom is -0.497 e. The van der Waals surface area contributed by atoms with E-state index < -0.39 is 6.10 Å². The summed E-state index contributed by atoms with van der Waals surface area (Å²) in [5, 5.41) is 11.4. The molecule has 0 fully saturated rings. The number of halogens is 1. The molecule has 0 amide bonds. The molecule has 2 aromatic rings. The lowest BCUT2D eigenvalue weighted by atomic mass is 9.78. The molecule has 1 aliphatic rings. The fourth-order valence-corrected chi connectivity index (χ4v) is 3.08. The van der Waals surface area contributed by atoms with E-state index in [9.17, 15) is 5.11 Å². The Morgan fingerprint density at radius 2 is 1.90 bits per heavy atom. The number of aliphatic hydroxyl groups is 1. The summed E-state index contributed by atoms with van der Waals surface area (Å²) in [5.74, 6) is 0.981. The van der Waals surface area contributed by atoms with Crippen LogP contribution in [0.25, 0.3) is 0 Å². The zero-order chi connectivity index (χ0) is 14.1. The fourth-order valence-electron chi connectivity index (χ4n) is 2.96. The zero-order valence-corrected chi connectivity index (χ0v) is 12.1. The van der Waals surface area contributed by atoms with E-state index >= 15 is 0 Å². The number of ether oxygens (including phenoxy) is 1. The maximum Gasteiger partial charge on any atom is 0.119 e. The van der Waals surface area contributed by atoms with Crippen LogP contribution in [0.15, 0.2) is 42.5 Å². The van der Waals surface area contributed by atoms with Crippen LogP contribution in [0.3, 0.4) is 0 Å². The minimum absolute atomic E-state index is 0.133. The highest BCUT2D eigenvalue weighted by Crippen LogP contribution is 2.41. The normalized spacial score (nSPS) is 21.4. The summed E-state index contributed by atoms with van der Waals surface area (Å²) in [7, 11) is 1.66. The van der Waals surface area contributed by atoms with Gasteiger partial charge in [-0.15, -0.1) is 0 Å². The van der Waals surface area contributed by atoms with Crippen molar-refractivity contribution in [3.05, 3.63) is 64.2 Å². The van der Waals surface area contributed by atoms with E-state index in [1.807, 2.05) is 42.5 Å². The van der Waals surface area contributed by atoms with Crippen LogP contribution in [0.5, 0.6) is 5.75 Å². The van der Waals surface area contributed by atoms with Crippen LogP contribution < -0.4 is 4.74 Å². The first-order valence-electron chi connectivity index (χ1n) is 6.79. The first-order chi connectivity index (χ1) is 9.69. The first kappa shape index (κ1) is 13.5. The highest BCUT2D eigenvalue weighted by atomic mass is 35.5. The summed E-state index contributed by atoms with van der Waals surface area (Å²) >= 11 is 5.93. The van der Waals surface area contributed by atoms with E-state index in [2.05, 4.69) is 0 Å². The van der Waals surface area contributed by atoms with Crippen molar-refractivity contribution in [2.75, 3.05) is 7.11 Å². The van der Waals surface area contributed by atoms with Crippen LogP contribution in [-0.4, -0.2) is 12.2 Å². The molecule has 0 saturated heterocycles. The van der Waals surface area contributed by atoms with Gasteiger partial charge in [0.1, 0.15) is 5.75 Å². The Labute approximate surface area is 124 Å². The van der Waals surface area contributed by atoms with Crippen LogP contribution in [0.2, 0.25) is 5.02 Å². The van der Waals surface area contributed by atoms with Gasteiger partial charge in [-0.05, 0) is 53.8 Å². The number of fused-ring (bicyclic) bond motifs is 1. The lowest BCUT2D eigenvalue weighted by molar-refractivity contribution is 0.131. The first-order valence-corrected chi connectivity index (χ1v) is 7.17. The second-order valence-electron chi connectivity index (χ2n) is 5.21. The smallest absolute Gasteiger partial charge is 0.119 e. The molecule has 0 spiro atoms. The summed E-state index contributed by atoms with van der Waals surface area (Å²) in [6, 6.07) is 13.7. The average Bonchev–Trinajstić information content (AvgIpc) is 2.48.